The molecular weight excluding hydrogens is 280 g/mol. The molecule has 0 unspecified atom stereocenters. The van der Waals surface area contributed by atoms with Crippen LogP contribution in [-0.4, -0.2) is 22.1 Å². The van der Waals surface area contributed by atoms with Gasteiger partial charge < -0.3 is 9.16 Å². The van der Waals surface area contributed by atoms with Gasteiger partial charge in [0.05, 0.1) is 18.9 Å². The molecule has 0 aliphatic carbocycles. The summed E-state index contributed by atoms with van der Waals surface area (Å²) >= 11 is 0. The number of hydrogen-bond donors (Lipinski definition) is 0. The van der Waals surface area contributed by atoms with Crippen molar-refractivity contribution in [3.8, 4) is 0 Å². The maximum absolute atomic E-state index is 11.3. The molecule has 0 amide bonds. The highest BCUT2D eigenvalue weighted by Crippen LogP contribution is 2.02. The molecule has 2 rings (SSSR count). The summed E-state index contributed by atoms with van der Waals surface area (Å²) in [5.74, 6) is 0.151. The Bertz CT molecular complexity index is 569. The molecule has 0 saturated heterocycles. The minimum absolute atomic E-state index is 0.407. The van der Waals surface area contributed by atoms with Crippen molar-refractivity contribution in [2.45, 2.75) is 6.92 Å². The zero-order valence-corrected chi connectivity index (χ0v) is 13.1. The zero-order chi connectivity index (χ0) is 15.1. The zero-order valence-electron chi connectivity index (χ0n) is 12.1. The van der Waals surface area contributed by atoms with Crippen molar-refractivity contribution in [2.75, 3.05) is 7.11 Å². The van der Waals surface area contributed by atoms with Crippen LogP contribution >= 0.6 is 0 Å². The molecule has 0 fully saturated rings. The highest BCUT2D eigenvalue weighted by molar-refractivity contribution is 6.80. The van der Waals surface area contributed by atoms with Crippen LogP contribution in [0.5, 0.6) is 0 Å². The van der Waals surface area contributed by atoms with E-state index in [1.54, 1.807) is 6.92 Å². The molecule has 4 heteroatoms. The van der Waals surface area contributed by atoms with Crippen LogP contribution in [0.25, 0.3) is 0 Å². The molecule has 0 atom stereocenters. The van der Waals surface area contributed by atoms with Crippen molar-refractivity contribution >= 4 is 25.4 Å². The van der Waals surface area contributed by atoms with E-state index in [2.05, 4.69) is 4.74 Å². The van der Waals surface area contributed by atoms with Gasteiger partial charge in [0.1, 0.15) is 0 Å². The van der Waals surface area contributed by atoms with E-state index in [9.17, 15) is 4.79 Å². The lowest BCUT2D eigenvalue weighted by Gasteiger charge is -2.17. The lowest BCUT2D eigenvalue weighted by molar-refractivity contribution is -0.135. The van der Waals surface area contributed by atoms with Crippen LogP contribution in [0.3, 0.4) is 0 Å². The first-order chi connectivity index (χ1) is 10.2. The van der Waals surface area contributed by atoms with Gasteiger partial charge in [0.25, 0.3) is 0 Å². The summed E-state index contributed by atoms with van der Waals surface area (Å²) in [6, 6.07) is 20.1. The summed E-state index contributed by atoms with van der Waals surface area (Å²) in [4.78, 5) is 11.3. The Balaban J connectivity index is 2.30. The van der Waals surface area contributed by atoms with E-state index in [4.69, 9.17) is 4.43 Å². The fraction of sp³-hybridized carbons (Fsp3) is 0.118. The number of ether oxygens (including phenoxy) is 1. The standard InChI is InChI=1S/C17H17O3Si/c1-14(13-17(18)19-2)20-21(15-9-5-3-6-10-15)16-11-7-4-8-12-16/h3-13H,1-2H3. The molecule has 0 aliphatic heterocycles. The molecule has 0 bridgehead atoms. The van der Waals surface area contributed by atoms with E-state index in [0.717, 1.165) is 10.4 Å². The molecule has 0 N–H and O–H groups in total. The van der Waals surface area contributed by atoms with Gasteiger partial charge in [-0.3, -0.25) is 0 Å². The SMILES string of the molecule is COC(=O)C=C(C)O[Si](c1ccccc1)c1ccccc1. The van der Waals surface area contributed by atoms with Crippen molar-refractivity contribution in [1.29, 1.82) is 0 Å². The monoisotopic (exact) mass is 297 g/mol. The van der Waals surface area contributed by atoms with Crippen LogP contribution in [0.1, 0.15) is 6.92 Å². The first-order valence-corrected chi connectivity index (χ1v) is 8.03. The molecular formula is C17H17O3Si. The third kappa shape index (κ3) is 4.32. The molecule has 0 saturated carbocycles. The van der Waals surface area contributed by atoms with Crippen LogP contribution in [0.4, 0.5) is 0 Å². The molecule has 2 aromatic carbocycles. The van der Waals surface area contributed by atoms with E-state index in [1.807, 2.05) is 60.7 Å². The quantitative estimate of drug-likeness (QED) is 0.366. The fourth-order valence-electron chi connectivity index (χ4n) is 1.88. The summed E-state index contributed by atoms with van der Waals surface area (Å²) in [6.45, 7) is 1.77. The maximum Gasteiger partial charge on any atom is 0.352 e. The van der Waals surface area contributed by atoms with Crippen LogP contribution < -0.4 is 10.4 Å². The minimum atomic E-state index is -1.43. The van der Waals surface area contributed by atoms with Gasteiger partial charge in [-0.1, -0.05) is 60.7 Å². The predicted octanol–water partition coefficient (Wildman–Crippen LogP) is 1.89. The van der Waals surface area contributed by atoms with Gasteiger partial charge >= 0.3 is 15.0 Å². The average molecular weight is 297 g/mol. The van der Waals surface area contributed by atoms with E-state index in [1.165, 1.54) is 13.2 Å². The van der Waals surface area contributed by atoms with Crippen LogP contribution in [0.2, 0.25) is 0 Å². The van der Waals surface area contributed by atoms with Crippen molar-refractivity contribution in [1.82, 2.24) is 0 Å². The van der Waals surface area contributed by atoms with Gasteiger partial charge in [0.15, 0.2) is 0 Å². The molecule has 0 spiro atoms. The van der Waals surface area contributed by atoms with E-state index in [-0.39, 0.29) is 0 Å². The molecule has 0 heterocycles. The topological polar surface area (TPSA) is 35.5 Å². The highest BCUT2D eigenvalue weighted by atomic mass is 28.3. The Kier molecular flexibility index (Phi) is 5.34. The van der Waals surface area contributed by atoms with Crippen molar-refractivity contribution in [3.63, 3.8) is 0 Å². The minimum Gasteiger partial charge on any atom is -0.536 e. The first kappa shape index (κ1) is 15.1. The number of rotatable bonds is 5. The Morgan fingerprint density at radius 2 is 1.43 bits per heavy atom. The summed E-state index contributed by atoms with van der Waals surface area (Å²) < 4.78 is 10.7. The number of benzene rings is 2. The van der Waals surface area contributed by atoms with Gasteiger partial charge in [-0.15, -0.1) is 0 Å². The van der Waals surface area contributed by atoms with Gasteiger partial charge in [0.2, 0.25) is 0 Å². The molecule has 1 radical (unpaired) electrons. The Morgan fingerprint density at radius 3 is 1.86 bits per heavy atom. The van der Waals surface area contributed by atoms with Crippen LogP contribution in [-0.2, 0) is 14.0 Å². The van der Waals surface area contributed by atoms with E-state index in [0.29, 0.717) is 5.76 Å². The molecule has 21 heavy (non-hydrogen) atoms. The molecule has 2 aromatic rings. The van der Waals surface area contributed by atoms with Crippen molar-refractivity contribution in [2.24, 2.45) is 0 Å². The largest absolute Gasteiger partial charge is 0.536 e. The predicted molar refractivity (Wildman–Crippen MR) is 84.8 cm³/mol. The third-order valence-electron chi connectivity index (χ3n) is 2.86. The van der Waals surface area contributed by atoms with Crippen molar-refractivity contribution < 1.29 is 14.0 Å². The number of esters is 1. The van der Waals surface area contributed by atoms with E-state index < -0.39 is 15.0 Å². The lowest BCUT2D eigenvalue weighted by atomic mass is 10.4. The first-order valence-electron chi connectivity index (χ1n) is 6.62. The third-order valence-corrected chi connectivity index (χ3v) is 5.10. The molecule has 0 aromatic heterocycles. The molecule has 3 nitrogen and oxygen atoms in total. The molecule has 107 valence electrons. The summed E-state index contributed by atoms with van der Waals surface area (Å²) in [6.07, 6.45) is 1.37. The number of hydrogen-bond acceptors (Lipinski definition) is 3. The smallest absolute Gasteiger partial charge is 0.352 e. The number of carbonyl (C=O) groups is 1. The number of methoxy groups -OCH3 is 1. The second kappa shape index (κ2) is 7.45. The summed E-state index contributed by atoms with van der Waals surface area (Å²) in [7, 11) is -0.0746. The fourth-order valence-corrected chi connectivity index (χ4v) is 3.82. The van der Waals surface area contributed by atoms with Gasteiger partial charge in [-0.2, -0.15) is 0 Å². The summed E-state index contributed by atoms with van der Waals surface area (Å²) in [5.41, 5.74) is 0. The maximum atomic E-state index is 11.3. The van der Waals surface area contributed by atoms with Crippen molar-refractivity contribution in [3.05, 3.63) is 72.5 Å². The molecule has 0 aliphatic rings. The Hall–Kier alpha value is -2.33. The highest BCUT2D eigenvalue weighted by Gasteiger charge is 2.21. The normalized spacial score (nSPS) is 11.3. The van der Waals surface area contributed by atoms with Crippen LogP contribution in [0.15, 0.2) is 72.5 Å². The van der Waals surface area contributed by atoms with E-state index >= 15 is 0 Å². The lowest BCUT2D eigenvalue weighted by Crippen LogP contribution is -2.44. The number of allylic oxidation sites excluding steroid dienone is 1. The van der Waals surface area contributed by atoms with Gasteiger partial charge in [0, 0.05) is 0 Å². The second-order valence-electron chi connectivity index (χ2n) is 4.44. The second-order valence-corrected chi connectivity index (χ2v) is 6.46. The van der Waals surface area contributed by atoms with Crippen LogP contribution in [0, 0.1) is 0 Å². The summed E-state index contributed by atoms with van der Waals surface area (Å²) in [5, 5.41) is 2.26. The average Bonchev–Trinajstić information content (AvgIpc) is 2.54. The number of carbonyl (C=O) groups excluding carboxylic acids is 1. The van der Waals surface area contributed by atoms with Gasteiger partial charge in [-0.05, 0) is 17.3 Å². The Labute approximate surface area is 126 Å². The van der Waals surface area contributed by atoms with Gasteiger partial charge in [-0.25, -0.2) is 4.79 Å². The Morgan fingerprint density at radius 1 is 0.952 bits per heavy atom.